The van der Waals surface area contributed by atoms with Crippen LogP contribution in [-0.2, 0) is 61.7 Å². The van der Waals surface area contributed by atoms with Crippen molar-refractivity contribution in [3.8, 4) is 0 Å². The van der Waals surface area contributed by atoms with Crippen LogP contribution in [0.4, 0.5) is 0 Å². The summed E-state index contributed by atoms with van der Waals surface area (Å²) in [4.78, 5) is 25.6. The number of ether oxygens (including phenoxy) is 12. The molecule has 89 heavy (non-hydrogen) atoms. The summed E-state index contributed by atoms with van der Waals surface area (Å²) in [6.07, 6.45) is -33.1. The highest BCUT2D eigenvalue weighted by Crippen LogP contribution is 2.45. The molecule has 0 radical (unpaired) electrons. The molecule has 5 aliphatic heterocycles. The molecule has 0 aromatic heterocycles. The van der Waals surface area contributed by atoms with Gasteiger partial charge in [0.1, 0.15) is 104 Å². The number of aliphatic hydroxyl groups is 19. The minimum atomic E-state index is -1.92. The second kappa shape index (κ2) is 31.3. The summed E-state index contributed by atoms with van der Waals surface area (Å²) in [6.45, 7) is -0.377. The minimum Gasteiger partial charge on any atom is -0.460 e. The molecule has 0 amide bonds. The molecule has 0 bridgehead atoms. The van der Waals surface area contributed by atoms with Gasteiger partial charge in [0, 0.05) is 38.0 Å². The van der Waals surface area contributed by atoms with E-state index in [9.17, 15) is 96.4 Å². The van der Waals surface area contributed by atoms with Gasteiger partial charge in [0.15, 0.2) is 43.5 Å². The molecule has 33 unspecified atom stereocenters. The molecule has 4 aliphatic carbocycles. The van der Waals surface area contributed by atoms with E-state index in [1.807, 2.05) is 0 Å². The summed E-state index contributed by atoms with van der Waals surface area (Å²) in [5.41, 5.74) is 0. The number of carbonyl (C=O) groups excluding carboxylic acids is 2. The molecule has 5 saturated heterocycles. The lowest BCUT2D eigenvalue weighted by molar-refractivity contribution is -0.371. The first-order valence-electron chi connectivity index (χ1n) is 31.0. The summed E-state index contributed by atoms with van der Waals surface area (Å²) in [7, 11) is 1.38. The van der Waals surface area contributed by atoms with Gasteiger partial charge in [-0.05, 0) is 83.0 Å². The van der Waals surface area contributed by atoms with E-state index in [2.05, 4.69) is 0 Å². The molecule has 9 aliphatic rings. The zero-order chi connectivity index (χ0) is 64.3. The normalized spacial score (nSPS) is 50.1. The van der Waals surface area contributed by atoms with Crippen LogP contribution < -0.4 is 0 Å². The van der Waals surface area contributed by atoms with Crippen molar-refractivity contribution in [2.24, 2.45) is 23.7 Å². The number of esters is 2. The summed E-state index contributed by atoms with van der Waals surface area (Å²) >= 11 is 0. The Morgan fingerprint density at radius 2 is 1.06 bits per heavy atom. The smallest absolute Gasteiger partial charge is 0.330 e. The molecule has 33 atom stereocenters. The maximum Gasteiger partial charge on any atom is 0.330 e. The summed E-state index contributed by atoms with van der Waals surface area (Å²) < 4.78 is 69.3. The van der Waals surface area contributed by atoms with Gasteiger partial charge < -0.3 is 144 Å². The number of hydrogen-bond acceptors (Lipinski definition) is 30. The van der Waals surface area contributed by atoms with Gasteiger partial charge in [-0.3, -0.25) is 0 Å². The molecule has 5 heterocycles. The molecule has 510 valence electrons. The van der Waals surface area contributed by atoms with Crippen LogP contribution in [0.3, 0.4) is 0 Å². The third kappa shape index (κ3) is 16.7. The van der Waals surface area contributed by atoms with Crippen molar-refractivity contribution in [3.05, 3.63) is 24.3 Å². The van der Waals surface area contributed by atoms with Gasteiger partial charge in [0.05, 0.1) is 68.0 Å². The fraction of sp³-hybridized carbons (Fsp3) is 0.897. The Labute approximate surface area is 512 Å². The number of methoxy groups -OCH3 is 1. The Balaban J connectivity index is 0.757. The molecule has 31 nitrogen and oxygen atoms in total. The number of allylic oxidation sites excluding steroid dienone is 2. The lowest BCUT2D eigenvalue weighted by Crippen LogP contribution is -2.65. The highest BCUT2D eigenvalue weighted by molar-refractivity contribution is 5.82. The van der Waals surface area contributed by atoms with Crippen molar-refractivity contribution in [1.82, 2.24) is 0 Å². The van der Waals surface area contributed by atoms with Gasteiger partial charge in [0.2, 0.25) is 0 Å². The Kier molecular flexibility index (Phi) is 24.8. The van der Waals surface area contributed by atoms with E-state index in [1.54, 1.807) is 12.2 Å². The quantitative estimate of drug-likeness (QED) is 0.0325. The van der Waals surface area contributed by atoms with Gasteiger partial charge in [0.25, 0.3) is 0 Å². The highest BCUT2D eigenvalue weighted by Gasteiger charge is 2.58. The van der Waals surface area contributed by atoms with Crippen molar-refractivity contribution in [3.63, 3.8) is 0 Å². The lowest BCUT2D eigenvalue weighted by Gasteiger charge is -2.50. The molecule has 31 heteroatoms. The van der Waals surface area contributed by atoms with E-state index in [0.717, 1.165) is 0 Å². The summed E-state index contributed by atoms with van der Waals surface area (Å²) in [5, 5.41) is 182. The molecule has 9 rings (SSSR count). The molecule has 9 fully saturated rings. The SMILES string of the molecule is COC1CC(C2[OH+]C3CC(O)CC(OC4OC(CO)C(O)C(O)C4O)C3CC2OC2OC(COC3OC(C)C(OC(=O)C=CC4CCC(OC5OC(COC(=O)C=CC6CCC(O)C(O)C6)C(O)C(O)C5O)CC4)C(O)C3O)C(O)C(O)C2O)CC(O)C1O. The van der Waals surface area contributed by atoms with Gasteiger partial charge in [-0.2, -0.15) is 0 Å². The van der Waals surface area contributed by atoms with Crippen LogP contribution in [-0.4, -0.2) is 320 Å². The molecule has 4 saturated carbocycles. The third-order valence-corrected chi connectivity index (χ3v) is 19.4. The standard InChI is InChI=1S/C58H92O31/c1-22-53(89-40(65)12-6-23-3-8-27(9-4-23)82-56-49(74)46(71)43(68)37(87-56)20-79-39(64)11-7-24-5-10-29(61)30(62)13-24)48(73)52(77)55(81-22)80-21-38-44(69)47(72)51(76)58(88-38)85-35-18-28-32(83-54(35)25-14-31(63)41(66)34(15-25)78-2)16-26(60)17-33(28)84-57-50(75)45(70)42(67)36(19-59)86-57/h6-7,11-12,22-38,41-63,66-77H,3-5,8-10,13-21H2,1-2H3/p+1. The predicted molar refractivity (Wildman–Crippen MR) is 293 cm³/mol. The van der Waals surface area contributed by atoms with Crippen LogP contribution in [0, 0.1) is 23.7 Å². The van der Waals surface area contributed by atoms with Gasteiger partial charge in [-0.1, -0.05) is 12.2 Å². The zero-order valence-electron chi connectivity index (χ0n) is 49.5. The third-order valence-electron chi connectivity index (χ3n) is 19.4. The van der Waals surface area contributed by atoms with Crippen LogP contribution >= 0.6 is 0 Å². The van der Waals surface area contributed by atoms with Crippen LogP contribution in [0.15, 0.2) is 24.3 Å². The molecule has 0 aromatic rings. The average molecular weight is 1290 g/mol. The molecule has 18 N–H and O–H groups in total. The highest BCUT2D eigenvalue weighted by atomic mass is 16.7. The van der Waals surface area contributed by atoms with E-state index in [-0.39, 0.29) is 50.4 Å². The number of aliphatic hydroxyl groups excluding tert-OH is 17. The number of hydrogen-bond donors (Lipinski definition) is 17. The van der Waals surface area contributed by atoms with Gasteiger partial charge in [-0.15, -0.1) is 0 Å². The maximum atomic E-state index is 13.2. The van der Waals surface area contributed by atoms with Crippen LogP contribution in [0.2, 0.25) is 0 Å². The largest absolute Gasteiger partial charge is 0.460 e. The number of fused-ring (bicyclic) bond motifs is 1. The predicted octanol–water partition coefficient (Wildman–Crippen LogP) is -7.09. The summed E-state index contributed by atoms with van der Waals surface area (Å²) in [6, 6.07) is 0. The van der Waals surface area contributed by atoms with Crippen molar-refractivity contribution in [1.29, 1.82) is 0 Å². The Morgan fingerprint density at radius 1 is 0.494 bits per heavy atom. The van der Waals surface area contributed by atoms with Gasteiger partial charge in [-0.25, -0.2) is 9.59 Å². The molecular weight excluding hydrogens is 1190 g/mol. The molecule has 0 aromatic carbocycles. The summed E-state index contributed by atoms with van der Waals surface area (Å²) in [5.74, 6) is -3.09. The first-order chi connectivity index (χ1) is 42.3. The second-order valence-electron chi connectivity index (χ2n) is 25.5. The van der Waals surface area contributed by atoms with Gasteiger partial charge >= 0.3 is 11.9 Å². The average Bonchev–Trinajstić information content (AvgIpc) is 0.919. The van der Waals surface area contributed by atoms with Crippen molar-refractivity contribution < 1.29 is 153 Å². The van der Waals surface area contributed by atoms with E-state index in [0.29, 0.717) is 38.5 Å². The first-order valence-corrected chi connectivity index (χ1v) is 31.0. The monoisotopic (exact) mass is 1290 g/mol. The van der Waals surface area contributed by atoms with E-state index in [1.165, 1.54) is 26.2 Å². The molecular formula is C58H93O31+. The fourth-order valence-corrected chi connectivity index (χ4v) is 14.0. The minimum absolute atomic E-state index is 0.0109. The van der Waals surface area contributed by atoms with E-state index in [4.69, 9.17) is 56.8 Å². The Hall–Kier alpha value is -2.66. The van der Waals surface area contributed by atoms with Crippen molar-refractivity contribution in [2.75, 3.05) is 26.9 Å². The van der Waals surface area contributed by atoms with E-state index < -0.39 is 234 Å². The van der Waals surface area contributed by atoms with Crippen LogP contribution in [0.25, 0.3) is 0 Å². The Bertz CT molecular complexity index is 2300. The van der Waals surface area contributed by atoms with Crippen molar-refractivity contribution >= 4 is 11.9 Å². The number of carbonyl (C=O) groups is 2. The lowest BCUT2D eigenvalue weighted by atomic mass is 9.72. The van der Waals surface area contributed by atoms with E-state index >= 15 is 0 Å². The van der Waals surface area contributed by atoms with Crippen LogP contribution in [0.5, 0.6) is 0 Å². The fourth-order valence-electron chi connectivity index (χ4n) is 14.0. The topological polar surface area (TPSA) is 492 Å². The Morgan fingerprint density at radius 3 is 1.69 bits per heavy atom. The van der Waals surface area contributed by atoms with Crippen molar-refractivity contribution in [2.45, 2.75) is 274 Å². The number of rotatable bonds is 19. The molecule has 0 spiro atoms. The maximum absolute atomic E-state index is 13.2. The first kappa shape index (κ1) is 70.7. The zero-order valence-corrected chi connectivity index (χ0v) is 49.5. The van der Waals surface area contributed by atoms with Crippen LogP contribution in [0.1, 0.15) is 84.0 Å². The second-order valence-corrected chi connectivity index (χ2v) is 25.5.